The van der Waals surface area contributed by atoms with Crippen LogP contribution in [-0.2, 0) is 14.3 Å². The Balaban J connectivity index is 2.19. The Morgan fingerprint density at radius 2 is 1.81 bits per heavy atom. The highest BCUT2D eigenvalue weighted by Gasteiger charge is 2.46. The number of aryl methyl sites for hydroxylation is 1. The molecule has 0 bridgehead atoms. The molecule has 1 amide bonds. The van der Waals surface area contributed by atoms with Gasteiger partial charge >= 0.3 is 0 Å². The largest absolute Gasteiger partial charge is 0.507 e. The van der Waals surface area contributed by atoms with E-state index in [-0.39, 0.29) is 36.2 Å². The number of nitrogens with zero attached hydrogens (tertiary/aromatic N) is 1. The van der Waals surface area contributed by atoms with Gasteiger partial charge in [0.2, 0.25) is 0 Å². The van der Waals surface area contributed by atoms with Crippen molar-refractivity contribution in [3.63, 3.8) is 0 Å². The molecule has 3 rings (SSSR count). The van der Waals surface area contributed by atoms with Crippen molar-refractivity contribution in [3.8, 4) is 11.5 Å². The van der Waals surface area contributed by atoms with E-state index < -0.39 is 17.7 Å². The highest BCUT2D eigenvalue weighted by atomic mass is 16.5. The van der Waals surface area contributed by atoms with Crippen molar-refractivity contribution in [2.45, 2.75) is 32.9 Å². The van der Waals surface area contributed by atoms with Gasteiger partial charge in [0, 0.05) is 6.54 Å². The Morgan fingerprint density at radius 3 is 2.44 bits per heavy atom. The van der Waals surface area contributed by atoms with Crippen LogP contribution in [0, 0.1) is 6.92 Å². The molecule has 0 spiro atoms. The number of ether oxygens (including phenoxy) is 3. The maximum absolute atomic E-state index is 13.2. The first kappa shape index (κ1) is 23.3. The van der Waals surface area contributed by atoms with E-state index in [1.807, 2.05) is 45.0 Å². The summed E-state index contributed by atoms with van der Waals surface area (Å²) in [6, 6.07) is 11.7. The van der Waals surface area contributed by atoms with Crippen LogP contribution in [0.3, 0.4) is 0 Å². The van der Waals surface area contributed by atoms with Crippen LogP contribution in [0.15, 0.2) is 48.0 Å². The summed E-state index contributed by atoms with van der Waals surface area (Å²) < 4.78 is 16.3. The summed E-state index contributed by atoms with van der Waals surface area (Å²) in [6.07, 6.45) is -0.00946. The maximum Gasteiger partial charge on any atom is 0.295 e. The molecular weight excluding hydrogens is 410 g/mol. The molecule has 32 heavy (non-hydrogen) atoms. The van der Waals surface area contributed by atoms with Crippen LogP contribution in [0.2, 0.25) is 0 Å². The van der Waals surface area contributed by atoms with E-state index in [4.69, 9.17) is 14.2 Å². The summed E-state index contributed by atoms with van der Waals surface area (Å²) in [5.74, 6) is -0.876. The number of hydrogen-bond acceptors (Lipinski definition) is 6. The molecule has 1 atom stereocenters. The highest BCUT2D eigenvalue weighted by Crippen LogP contribution is 2.42. The van der Waals surface area contributed by atoms with E-state index >= 15 is 0 Å². The van der Waals surface area contributed by atoms with Crippen molar-refractivity contribution in [2.24, 2.45) is 0 Å². The number of benzene rings is 2. The minimum Gasteiger partial charge on any atom is -0.507 e. The number of likely N-dealkylation sites (tertiary alicyclic amines) is 1. The Hall–Kier alpha value is -3.32. The lowest BCUT2D eigenvalue weighted by Crippen LogP contribution is -2.33. The summed E-state index contributed by atoms with van der Waals surface area (Å²) in [5.41, 5.74) is 1.96. The second-order valence-electron chi connectivity index (χ2n) is 7.83. The fourth-order valence-electron chi connectivity index (χ4n) is 3.86. The van der Waals surface area contributed by atoms with Gasteiger partial charge in [-0.3, -0.25) is 9.59 Å². The van der Waals surface area contributed by atoms with Crippen LogP contribution in [0.1, 0.15) is 36.6 Å². The van der Waals surface area contributed by atoms with Gasteiger partial charge in [0.15, 0.2) is 0 Å². The summed E-state index contributed by atoms with van der Waals surface area (Å²) >= 11 is 0. The zero-order chi connectivity index (χ0) is 23.4. The van der Waals surface area contributed by atoms with Crippen molar-refractivity contribution in [1.29, 1.82) is 0 Å². The van der Waals surface area contributed by atoms with E-state index in [9.17, 15) is 14.7 Å². The van der Waals surface area contributed by atoms with Crippen molar-refractivity contribution in [3.05, 3.63) is 64.7 Å². The summed E-state index contributed by atoms with van der Waals surface area (Å²) in [7, 11) is 2.98. The van der Waals surface area contributed by atoms with Gasteiger partial charge in [0.25, 0.3) is 11.7 Å². The zero-order valence-electron chi connectivity index (χ0n) is 19.0. The van der Waals surface area contributed by atoms with Gasteiger partial charge in [-0.25, -0.2) is 0 Å². The van der Waals surface area contributed by atoms with Gasteiger partial charge in [-0.2, -0.15) is 0 Å². The second-order valence-corrected chi connectivity index (χ2v) is 7.83. The Kier molecular flexibility index (Phi) is 7.20. The molecule has 7 nitrogen and oxygen atoms in total. The van der Waals surface area contributed by atoms with Gasteiger partial charge in [0.1, 0.15) is 17.3 Å². The normalized spacial score (nSPS) is 17.8. The first-order valence-corrected chi connectivity index (χ1v) is 10.5. The average Bonchev–Trinajstić information content (AvgIpc) is 3.03. The monoisotopic (exact) mass is 439 g/mol. The van der Waals surface area contributed by atoms with Crippen LogP contribution in [0.5, 0.6) is 11.5 Å². The topological polar surface area (TPSA) is 85.3 Å². The van der Waals surface area contributed by atoms with Gasteiger partial charge in [-0.1, -0.05) is 24.3 Å². The molecule has 1 unspecified atom stereocenters. The first-order chi connectivity index (χ1) is 15.3. The van der Waals surface area contributed by atoms with Crippen molar-refractivity contribution >= 4 is 17.4 Å². The molecule has 1 N–H and O–H groups in total. The first-order valence-electron chi connectivity index (χ1n) is 10.5. The number of ketones is 1. The van der Waals surface area contributed by atoms with Crippen molar-refractivity contribution < 1.29 is 28.9 Å². The molecule has 1 aliphatic heterocycles. The van der Waals surface area contributed by atoms with Crippen molar-refractivity contribution in [1.82, 2.24) is 4.90 Å². The number of hydrogen-bond donors (Lipinski definition) is 1. The molecule has 2 aromatic carbocycles. The van der Waals surface area contributed by atoms with E-state index in [1.165, 1.54) is 19.1 Å². The van der Waals surface area contributed by atoms with E-state index in [0.29, 0.717) is 11.5 Å². The SMILES string of the molecule is COc1ccc(OC)c(/C(O)=C2\C(=O)C(=O)N(CCOC(C)C)C2c2ccccc2C)c1. The predicted molar refractivity (Wildman–Crippen MR) is 121 cm³/mol. The predicted octanol–water partition coefficient (Wildman–Crippen LogP) is 3.86. The number of aliphatic hydroxyl groups is 1. The van der Waals surface area contributed by atoms with Crippen LogP contribution >= 0.6 is 0 Å². The van der Waals surface area contributed by atoms with Gasteiger partial charge in [-0.05, 0) is 50.1 Å². The van der Waals surface area contributed by atoms with E-state index in [0.717, 1.165) is 11.1 Å². The molecule has 7 heteroatoms. The molecule has 0 saturated carbocycles. The van der Waals surface area contributed by atoms with Crippen LogP contribution in [-0.4, -0.2) is 55.2 Å². The third kappa shape index (κ3) is 4.48. The van der Waals surface area contributed by atoms with Gasteiger partial charge < -0.3 is 24.2 Å². The number of amides is 1. The molecule has 0 aliphatic carbocycles. The number of rotatable bonds is 8. The lowest BCUT2D eigenvalue weighted by atomic mass is 9.92. The third-order valence-corrected chi connectivity index (χ3v) is 5.47. The molecule has 1 fully saturated rings. The van der Waals surface area contributed by atoms with E-state index in [2.05, 4.69) is 0 Å². The van der Waals surface area contributed by atoms with Gasteiger partial charge in [0.05, 0.1) is 44.1 Å². The number of aliphatic hydroxyl groups excluding tert-OH is 1. The minimum atomic E-state index is -0.747. The van der Waals surface area contributed by atoms with Crippen LogP contribution in [0.25, 0.3) is 5.76 Å². The van der Waals surface area contributed by atoms with E-state index in [1.54, 1.807) is 18.2 Å². The number of carbonyl (C=O) groups is 2. The lowest BCUT2D eigenvalue weighted by molar-refractivity contribution is -0.140. The fraction of sp³-hybridized carbons (Fsp3) is 0.360. The number of methoxy groups -OCH3 is 2. The Bertz CT molecular complexity index is 1040. The minimum absolute atomic E-state index is 0.00946. The Labute approximate surface area is 188 Å². The maximum atomic E-state index is 13.2. The second kappa shape index (κ2) is 9.87. The van der Waals surface area contributed by atoms with Crippen molar-refractivity contribution in [2.75, 3.05) is 27.4 Å². The Morgan fingerprint density at radius 1 is 1.09 bits per heavy atom. The molecule has 1 aliphatic rings. The third-order valence-electron chi connectivity index (χ3n) is 5.47. The van der Waals surface area contributed by atoms with Crippen LogP contribution < -0.4 is 9.47 Å². The standard InChI is InChI=1S/C25H29NO6/c1-15(2)32-13-12-26-22(18-9-7-6-8-16(18)3)21(24(28)25(26)29)23(27)19-14-17(30-4)10-11-20(19)31-5/h6-11,14-15,22,27H,12-13H2,1-5H3/b23-21+. The highest BCUT2D eigenvalue weighted by molar-refractivity contribution is 6.46. The number of carbonyl (C=O) groups excluding carboxylic acids is 2. The smallest absolute Gasteiger partial charge is 0.295 e. The number of Topliss-reactive ketones (excluding diaryl/α,β-unsaturated/α-hetero) is 1. The molecule has 170 valence electrons. The lowest BCUT2D eigenvalue weighted by Gasteiger charge is -2.27. The van der Waals surface area contributed by atoms with Gasteiger partial charge in [-0.15, -0.1) is 0 Å². The van der Waals surface area contributed by atoms with Crippen LogP contribution in [0.4, 0.5) is 0 Å². The quantitative estimate of drug-likeness (QED) is 0.382. The molecule has 2 aromatic rings. The fourth-order valence-corrected chi connectivity index (χ4v) is 3.86. The molecule has 0 radical (unpaired) electrons. The summed E-state index contributed by atoms with van der Waals surface area (Å²) in [4.78, 5) is 27.6. The average molecular weight is 440 g/mol. The molecule has 1 saturated heterocycles. The summed E-state index contributed by atoms with van der Waals surface area (Å²) in [5, 5.41) is 11.3. The summed E-state index contributed by atoms with van der Waals surface area (Å²) in [6.45, 7) is 6.21. The molecule has 0 aromatic heterocycles. The molecule has 1 heterocycles. The molecular formula is C25H29NO6. The zero-order valence-corrected chi connectivity index (χ0v) is 19.0.